The zero-order valence-electron chi connectivity index (χ0n) is 20.5. The maximum atomic E-state index is 12.8. The Kier molecular flexibility index (Phi) is 7.51. The molecule has 2 fully saturated rings. The second-order valence-corrected chi connectivity index (χ2v) is 15.4. The second kappa shape index (κ2) is 8.76. The number of hydrogen-bond acceptors (Lipinski definition) is 7. The molecule has 8 nitrogen and oxygen atoms in total. The molecule has 0 N–H and O–H groups in total. The van der Waals surface area contributed by atoms with Crippen LogP contribution in [0.2, 0.25) is 18.1 Å². The molecule has 0 aromatic heterocycles. The van der Waals surface area contributed by atoms with Gasteiger partial charge in [0.1, 0.15) is 12.2 Å². The highest BCUT2D eigenvalue weighted by molar-refractivity contribution is 6.74. The fourth-order valence-corrected chi connectivity index (χ4v) is 4.56. The molecule has 4 atom stereocenters. The highest BCUT2D eigenvalue weighted by Crippen LogP contribution is 2.41. The number of rotatable bonds is 7. The van der Waals surface area contributed by atoms with E-state index in [9.17, 15) is 4.79 Å². The Bertz CT molecular complexity index is 617. The minimum atomic E-state index is -1.87. The van der Waals surface area contributed by atoms with E-state index < -0.39 is 38.2 Å². The molecule has 2 aliphatic heterocycles. The van der Waals surface area contributed by atoms with Gasteiger partial charge >= 0.3 is 0 Å². The van der Waals surface area contributed by atoms with Crippen LogP contribution in [0, 0.1) is 0 Å². The first-order valence-corrected chi connectivity index (χ1v) is 13.6. The van der Waals surface area contributed by atoms with E-state index in [-0.39, 0.29) is 17.0 Å². The van der Waals surface area contributed by atoms with Crippen LogP contribution in [0.15, 0.2) is 0 Å². The maximum absolute atomic E-state index is 12.8. The summed E-state index contributed by atoms with van der Waals surface area (Å²) in [4.78, 5) is 17.9. The van der Waals surface area contributed by atoms with Gasteiger partial charge in [-0.15, -0.1) is 0 Å². The van der Waals surface area contributed by atoms with Crippen LogP contribution < -0.4 is 0 Å². The minimum absolute atomic E-state index is 0.132. The number of hydroxylamine groups is 2. The Morgan fingerprint density at radius 1 is 1.00 bits per heavy atom. The SMILES string of the molecule is CON(C)C(=O)[C@H]1OC(C)(C)O[C@@H]1[C@H]1OC(C)(C)O[C@@H]1CCO[Si](C)(C)C(C)(C)C. The van der Waals surface area contributed by atoms with E-state index in [2.05, 4.69) is 33.9 Å². The third-order valence-electron chi connectivity index (χ3n) is 6.17. The molecule has 0 aromatic rings. The van der Waals surface area contributed by atoms with Crippen LogP contribution in [0.1, 0.15) is 54.9 Å². The van der Waals surface area contributed by atoms with Gasteiger partial charge in [-0.05, 0) is 52.2 Å². The molecule has 2 aliphatic rings. The first-order valence-electron chi connectivity index (χ1n) is 10.7. The number of hydrogen-bond donors (Lipinski definition) is 0. The van der Waals surface area contributed by atoms with Crippen LogP contribution >= 0.6 is 0 Å². The first kappa shape index (κ1) is 25.7. The summed E-state index contributed by atoms with van der Waals surface area (Å²) in [6.45, 7) is 19.0. The zero-order chi connectivity index (χ0) is 23.1. The Morgan fingerprint density at radius 2 is 1.53 bits per heavy atom. The van der Waals surface area contributed by atoms with Crippen molar-refractivity contribution in [1.29, 1.82) is 0 Å². The van der Waals surface area contributed by atoms with E-state index in [0.29, 0.717) is 13.0 Å². The molecule has 2 rings (SSSR count). The summed E-state index contributed by atoms with van der Waals surface area (Å²) < 4.78 is 30.8. The van der Waals surface area contributed by atoms with Crippen LogP contribution in [-0.2, 0) is 33.0 Å². The van der Waals surface area contributed by atoms with Gasteiger partial charge in [-0.25, -0.2) is 5.06 Å². The molecule has 0 aliphatic carbocycles. The number of carbonyl (C=O) groups is 1. The van der Waals surface area contributed by atoms with Crippen molar-refractivity contribution in [3.8, 4) is 0 Å². The molecule has 0 saturated carbocycles. The van der Waals surface area contributed by atoms with Gasteiger partial charge < -0.3 is 23.4 Å². The third-order valence-corrected chi connectivity index (χ3v) is 10.7. The average Bonchev–Trinajstić information content (AvgIpc) is 3.07. The fraction of sp³-hybridized carbons (Fsp3) is 0.952. The lowest BCUT2D eigenvalue weighted by atomic mass is 10.0. The molecule has 0 bridgehead atoms. The molecular weight excluding hydrogens is 406 g/mol. The van der Waals surface area contributed by atoms with Crippen LogP contribution in [0.3, 0.4) is 0 Å². The van der Waals surface area contributed by atoms with Gasteiger partial charge in [0.2, 0.25) is 0 Å². The molecule has 0 spiro atoms. The molecular formula is C21H41NO7Si. The standard InChI is InChI=1S/C21H41NO7Si/c1-19(2,3)30(10,11)25-13-12-14-15(27-20(4,5)26-14)16-17(18(23)22(8)24-9)29-21(6,7)28-16/h14-17H,12-13H2,1-11H3/t14-,15+,16-,17+/m1/s1. The van der Waals surface area contributed by atoms with Gasteiger partial charge in [0, 0.05) is 13.7 Å². The molecule has 2 saturated heterocycles. The summed E-state index contributed by atoms with van der Waals surface area (Å²) >= 11 is 0. The van der Waals surface area contributed by atoms with E-state index in [1.807, 2.05) is 13.8 Å². The van der Waals surface area contributed by atoms with Crippen LogP contribution in [0.4, 0.5) is 0 Å². The van der Waals surface area contributed by atoms with Gasteiger partial charge in [-0.1, -0.05) is 20.8 Å². The molecule has 176 valence electrons. The molecule has 0 aromatic carbocycles. The van der Waals surface area contributed by atoms with Crippen molar-refractivity contribution in [2.75, 3.05) is 20.8 Å². The van der Waals surface area contributed by atoms with Crippen molar-refractivity contribution in [1.82, 2.24) is 5.06 Å². The summed E-state index contributed by atoms with van der Waals surface area (Å²) in [6, 6.07) is 0. The summed E-state index contributed by atoms with van der Waals surface area (Å²) in [5.41, 5.74) is 0. The predicted molar refractivity (Wildman–Crippen MR) is 115 cm³/mol. The van der Waals surface area contributed by atoms with Crippen LogP contribution in [0.5, 0.6) is 0 Å². The molecule has 1 amide bonds. The Balaban J connectivity index is 2.16. The van der Waals surface area contributed by atoms with E-state index in [0.717, 1.165) is 5.06 Å². The predicted octanol–water partition coefficient (Wildman–Crippen LogP) is 3.46. The summed E-state index contributed by atoms with van der Waals surface area (Å²) in [5, 5.41) is 1.28. The first-order chi connectivity index (χ1) is 13.5. The smallest absolute Gasteiger partial charge is 0.277 e. The van der Waals surface area contributed by atoms with E-state index in [1.165, 1.54) is 7.11 Å². The van der Waals surface area contributed by atoms with E-state index in [1.54, 1.807) is 20.9 Å². The van der Waals surface area contributed by atoms with Gasteiger partial charge in [-0.2, -0.15) is 0 Å². The van der Waals surface area contributed by atoms with Crippen molar-refractivity contribution < 1.29 is 33.0 Å². The number of carbonyl (C=O) groups excluding carboxylic acids is 1. The van der Waals surface area contributed by atoms with Crippen molar-refractivity contribution in [3.63, 3.8) is 0 Å². The van der Waals surface area contributed by atoms with Gasteiger partial charge in [0.05, 0.1) is 13.2 Å². The lowest BCUT2D eigenvalue weighted by Gasteiger charge is -2.36. The lowest BCUT2D eigenvalue weighted by Crippen LogP contribution is -2.49. The molecule has 0 radical (unpaired) electrons. The minimum Gasteiger partial charge on any atom is -0.417 e. The monoisotopic (exact) mass is 447 g/mol. The van der Waals surface area contributed by atoms with Crippen molar-refractivity contribution >= 4 is 14.2 Å². The Hall–Kier alpha value is -0.553. The van der Waals surface area contributed by atoms with Crippen LogP contribution in [-0.4, -0.2) is 76.0 Å². The maximum Gasteiger partial charge on any atom is 0.277 e. The largest absolute Gasteiger partial charge is 0.417 e. The number of ether oxygens (including phenoxy) is 4. The fourth-order valence-electron chi connectivity index (χ4n) is 3.50. The van der Waals surface area contributed by atoms with Crippen LogP contribution in [0.25, 0.3) is 0 Å². The Morgan fingerprint density at radius 3 is 2.07 bits per heavy atom. The summed E-state index contributed by atoms with van der Waals surface area (Å²) in [7, 11) is 1.12. The summed E-state index contributed by atoms with van der Waals surface area (Å²) in [6.07, 6.45) is -1.58. The van der Waals surface area contributed by atoms with Gasteiger partial charge in [0.25, 0.3) is 5.91 Å². The van der Waals surface area contributed by atoms with Gasteiger partial charge in [0.15, 0.2) is 26.0 Å². The molecule has 30 heavy (non-hydrogen) atoms. The molecule has 2 heterocycles. The second-order valence-electron chi connectivity index (χ2n) is 10.6. The third kappa shape index (κ3) is 5.82. The molecule has 0 unspecified atom stereocenters. The van der Waals surface area contributed by atoms with Crippen molar-refractivity contribution in [3.05, 3.63) is 0 Å². The molecule has 9 heteroatoms. The lowest BCUT2D eigenvalue weighted by molar-refractivity contribution is -0.187. The van der Waals surface area contributed by atoms with E-state index in [4.69, 9.17) is 28.2 Å². The van der Waals surface area contributed by atoms with Crippen molar-refractivity contribution in [2.24, 2.45) is 0 Å². The summed E-state index contributed by atoms with van der Waals surface area (Å²) in [5.74, 6) is -2.03. The number of amides is 1. The van der Waals surface area contributed by atoms with E-state index >= 15 is 0 Å². The zero-order valence-corrected chi connectivity index (χ0v) is 21.5. The van der Waals surface area contributed by atoms with Gasteiger partial charge in [-0.3, -0.25) is 9.63 Å². The topological polar surface area (TPSA) is 75.7 Å². The normalized spacial score (nSPS) is 31.2. The quantitative estimate of drug-likeness (QED) is 0.437. The Labute approximate surface area is 182 Å². The highest BCUT2D eigenvalue weighted by Gasteiger charge is 2.56. The highest BCUT2D eigenvalue weighted by atomic mass is 28.4. The average molecular weight is 448 g/mol. The number of nitrogens with zero attached hydrogens (tertiary/aromatic N) is 1. The number of likely N-dealkylation sites (N-methyl/N-ethyl adjacent to an activating group) is 1. The van der Waals surface area contributed by atoms with Crippen molar-refractivity contribution in [2.45, 2.75) is 109 Å².